The fourth-order valence-electron chi connectivity index (χ4n) is 3.85. The molecule has 2 nitrogen and oxygen atoms in total. The van der Waals surface area contributed by atoms with Crippen molar-refractivity contribution in [3.8, 4) is 17.1 Å². The Kier molecular flexibility index (Phi) is 4.56. The van der Waals surface area contributed by atoms with Gasteiger partial charge in [0.05, 0.1) is 16.9 Å². The topological polar surface area (TPSA) is 17.8 Å². The summed E-state index contributed by atoms with van der Waals surface area (Å²) in [5.74, 6) is 0.919. The first-order valence-electron chi connectivity index (χ1n) is 9.25. The Morgan fingerprint density at radius 1 is 0.759 bits per heavy atom. The number of benzene rings is 4. The Balaban J connectivity index is 0.00000181. The summed E-state index contributed by atoms with van der Waals surface area (Å²) in [6.07, 6.45) is 0. The summed E-state index contributed by atoms with van der Waals surface area (Å²) in [6, 6.07) is 35.0. The molecule has 0 unspecified atom stereocenters. The average Bonchev–Trinajstić information content (AvgIpc) is 3.32. The van der Waals surface area contributed by atoms with Crippen molar-refractivity contribution in [1.29, 1.82) is 0 Å². The molecule has 0 saturated carbocycles. The van der Waals surface area contributed by atoms with Crippen LogP contribution in [0.1, 0.15) is 0 Å². The third kappa shape index (κ3) is 2.92. The van der Waals surface area contributed by atoms with Crippen molar-refractivity contribution < 1.29 is 20.1 Å². The molecule has 0 aliphatic rings. The minimum atomic E-state index is 0. The minimum absolute atomic E-state index is 0. The van der Waals surface area contributed by atoms with Gasteiger partial charge in [0.15, 0.2) is 0 Å². The Bertz CT molecular complexity index is 1460. The number of fused-ring (bicyclic) bond motifs is 4. The van der Waals surface area contributed by atoms with Crippen LogP contribution in [0.25, 0.3) is 48.3 Å². The maximum absolute atomic E-state index is 4.92. The average molecular weight is 568 g/mol. The van der Waals surface area contributed by atoms with Crippen molar-refractivity contribution in [2.24, 2.45) is 0 Å². The van der Waals surface area contributed by atoms with Crippen LogP contribution < -0.4 is 0 Å². The van der Waals surface area contributed by atoms with E-state index in [2.05, 4.69) is 77.4 Å². The summed E-state index contributed by atoms with van der Waals surface area (Å²) >= 11 is 1.84. The fraction of sp³-hybridized carbons (Fsp3) is 0. The van der Waals surface area contributed by atoms with E-state index in [1.165, 1.54) is 20.2 Å². The zero-order valence-corrected chi connectivity index (χ0v) is 18.5. The zero-order valence-electron chi connectivity index (χ0n) is 15.3. The fourth-order valence-corrected chi connectivity index (χ4v) is 4.99. The van der Waals surface area contributed by atoms with Crippen molar-refractivity contribution in [2.75, 3.05) is 0 Å². The molecule has 2 aromatic heterocycles. The molecule has 0 N–H and O–H groups in total. The SMILES string of the molecule is [Ir].[c-]1ccccc1-c1nc2ccccc2n1-c1ccc2c(c1)sc1ccccc12. The second kappa shape index (κ2) is 7.23. The standard InChI is InChI=1S/C25H15N2S.Ir/c1-2-8-17(9-3-1)25-26-21-11-5-6-12-22(21)27(25)18-14-15-20-19-10-4-7-13-23(19)28-24(20)16-18;/h1-8,10-16H;/q-1;. The summed E-state index contributed by atoms with van der Waals surface area (Å²) in [7, 11) is 0. The normalized spacial score (nSPS) is 11.2. The third-order valence-electron chi connectivity index (χ3n) is 5.13. The van der Waals surface area contributed by atoms with E-state index < -0.39 is 0 Å². The van der Waals surface area contributed by atoms with E-state index >= 15 is 0 Å². The van der Waals surface area contributed by atoms with Crippen LogP contribution in [-0.4, -0.2) is 9.55 Å². The Morgan fingerprint density at radius 3 is 2.45 bits per heavy atom. The summed E-state index contributed by atoms with van der Waals surface area (Å²) < 4.78 is 4.85. The van der Waals surface area contributed by atoms with E-state index in [0.717, 1.165) is 28.1 Å². The van der Waals surface area contributed by atoms with Gasteiger partial charge in [-0.25, -0.2) is 0 Å². The molecule has 0 fully saturated rings. The van der Waals surface area contributed by atoms with Crippen molar-refractivity contribution >= 4 is 42.5 Å². The maximum Gasteiger partial charge on any atom is 0.0774 e. The number of imidazole rings is 1. The van der Waals surface area contributed by atoms with Gasteiger partial charge in [-0.1, -0.05) is 36.4 Å². The molecule has 0 aliphatic heterocycles. The molecule has 0 spiro atoms. The van der Waals surface area contributed by atoms with Gasteiger partial charge in [0.1, 0.15) is 0 Å². The Labute approximate surface area is 185 Å². The van der Waals surface area contributed by atoms with E-state index in [4.69, 9.17) is 4.98 Å². The molecular formula is C25H15IrN2S-. The van der Waals surface area contributed by atoms with Crippen molar-refractivity contribution in [3.63, 3.8) is 0 Å². The van der Waals surface area contributed by atoms with Crippen molar-refractivity contribution in [1.82, 2.24) is 9.55 Å². The van der Waals surface area contributed by atoms with Crippen LogP contribution in [0.2, 0.25) is 0 Å². The molecule has 4 aromatic carbocycles. The van der Waals surface area contributed by atoms with Gasteiger partial charge >= 0.3 is 0 Å². The number of thiophene rings is 1. The van der Waals surface area contributed by atoms with Crippen LogP contribution in [0.3, 0.4) is 0 Å². The zero-order chi connectivity index (χ0) is 18.5. The molecule has 6 rings (SSSR count). The van der Waals surface area contributed by atoms with Gasteiger partial charge in [0.2, 0.25) is 0 Å². The molecule has 0 bridgehead atoms. The van der Waals surface area contributed by atoms with Gasteiger partial charge in [0.25, 0.3) is 0 Å². The second-order valence-corrected chi connectivity index (χ2v) is 7.90. The second-order valence-electron chi connectivity index (χ2n) is 6.81. The Morgan fingerprint density at radius 2 is 1.55 bits per heavy atom. The van der Waals surface area contributed by atoms with Gasteiger partial charge in [-0.3, -0.25) is 4.98 Å². The molecule has 0 aliphatic carbocycles. The van der Waals surface area contributed by atoms with Crippen molar-refractivity contribution in [3.05, 3.63) is 97.1 Å². The van der Waals surface area contributed by atoms with Crippen LogP contribution in [-0.2, 0) is 20.1 Å². The maximum atomic E-state index is 4.92. The van der Waals surface area contributed by atoms with E-state index in [9.17, 15) is 0 Å². The van der Waals surface area contributed by atoms with Crippen LogP contribution in [0.15, 0.2) is 91.0 Å². The number of hydrogen-bond acceptors (Lipinski definition) is 2. The monoisotopic (exact) mass is 568 g/mol. The molecule has 0 saturated heterocycles. The quantitative estimate of drug-likeness (QED) is 0.209. The number of aromatic nitrogens is 2. The van der Waals surface area contributed by atoms with Crippen LogP contribution >= 0.6 is 11.3 Å². The summed E-state index contributed by atoms with van der Waals surface area (Å²) in [4.78, 5) is 4.92. The van der Waals surface area contributed by atoms with E-state index in [-0.39, 0.29) is 20.1 Å². The molecule has 0 amide bonds. The molecular weight excluding hydrogens is 553 g/mol. The summed E-state index contributed by atoms with van der Waals surface area (Å²) in [5, 5.41) is 2.63. The van der Waals surface area contributed by atoms with Crippen LogP contribution in [0.4, 0.5) is 0 Å². The minimum Gasteiger partial charge on any atom is -0.333 e. The van der Waals surface area contributed by atoms with Gasteiger partial charge in [0, 0.05) is 46.0 Å². The van der Waals surface area contributed by atoms with Gasteiger partial charge in [-0.2, -0.15) is 0 Å². The third-order valence-corrected chi connectivity index (χ3v) is 6.26. The smallest absolute Gasteiger partial charge is 0.0774 e. The number of rotatable bonds is 2. The molecule has 1 radical (unpaired) electrons. The van der Waals surface area contributed by atoms with Gasteiger partial charge in [-0.05, 0) is 30.3 Å². The van der Waals surface area contributed by atoms with Crippen molar-refractivity contribution in [2.45, 2.75) is 0 Å². The summed E-state index contributed by atoms with van der Waals surface area (Å²) in [5.41, 5.74) is 4.22. The molecule has 4 heteroatoms. The number of hydrogen-bond donors (Lipinski definition) is 0. The van der Waals surface area contributed by atoms with Gasteiger partial charge in [-0.15, -0.1) is 47.2 Å². The van der Waals surface area contributed by atoms with E-state index in [0.29, 0.717) is 0 Å². The van der Waals surface area contributed by atoms with E-state index in [1.807, 2.05) is 35.6 Å². The largest absolute Gasteiger partial charge is 0.333 e. The predicted octanol–water partition coefficient (Wildman–Crippen LogP) is 6.86. The molecule has 0 atom stereocenters. The number of nitrogens with zero attached hydrogens (tertiary/aromatic N) is 2. The van der Waals surface area contributed by atoms with Gasteiger partial charge < -0.3 is 4.57 Å². The first-order chi connectivity index (χ1) is 13.9. The predicted molar refractivity (Wildman–Crippen MR) is 118 cm³/mol. The molecule has 6 aromatic rings. The first-order valence-corrected chi connectivity index (χ1v) is 10.1. The summed E-state index contributed by atoms with van der Waals surface area (Å²) in [6.45, 7) is 0. The van der Waals surface area contributed by atoms with E-state index in [1.54, 1.807) is 0 Å². The Hall–Kier alpha value is -2.78. The molecule has 29 heavy (non-hydrogen) atoms. The molecule has 141 valence electrons. The number of para-hydroxylation sites is 2. The molecule has 2 heterocycles. The van der Waals surface area contributed by atoms with Crippen LogP contribution in [0, 0.1) is 6.07 Å². The first kappa shape index (κ1) is 18.3. The van der Waals surface area contributed by atoms with Crippen LogP contribution in [0.5, 0.6) is 0 Å².